The van der Waals surface area contributed by atoms with Crippen LogP contribution in [0.1, 0.15) is 29.3 Å². The summed E-state index contributed by atoms with van der Waals surface area (Å²) in [5, 5.41) is 3.35. The summed E-state index contributed by atoms with van der Waals surface area (Å²) in [6.45, 7) is 6.25. The van der Waals surface area contributed by atoms with Crippen molar-refractivity contribution in [3.05, 3.63) is 35.4 Å². The Hall–Kier alpha value is -2.08. The number of hydrogen-bond acceptors (Lipinski definition) is 3. The van der Waals surface area contributed by atoms with Crippen molar-refractivity contribution in [3.63, 3.8) is 0 Å². The van der Waals surface area contributed by atoms with Gasteiger partial charge in [-0.25, -0.2) is 4.99 Å². The number of rotatable bonds is 6. The van der Waals surface area contributed by atoms with Gasteiger partial charge in [-0.15, -0.1) is 0 Å². The smallest absolute Gasteiger partial charge is 0.248 e. The number of benzene rings is 1. The fraction of sp³-hybridized carbons (Fsp3) is 0.529. The van der Waals surface area contributed by atoms with Crippen molar-refractivity contribution < 1.29 is 9.53 Å². The summed E-state index contributed by atoms with van der Waals surface area (Å²) in [5.74, 6) is 1.10. The normalized spacial score (nSPS) is 18.3. The Labute approximate surface area is 137 Å². The number of nitrogens with zero attached hydrogens (tertiary/aromatic N) is 2. The van der Waals surface area contributed by atoms with Crippen LogP contribution in [0.15, 0.2) is 29.3 Å². The third-order valence-corrected chi connectivity index (χ3v) is 3.97. The Morgan fingerprint density at radius 3 is 2.78 bits per heavy atom. The maximum Gasteiger partial charge on any atom is 0.248 e. The third-order valence-electron chi connectivity index (χ3n) is 3.97. The monoisotopic (exact) mass is 318 g/mol. The first kappa shape index (κ1) is 17.3. The van der Waals surface area contributed by atoms with Crippen molar-refractivity contribution in [2.45, 2.75) is 19.9 Å². The zero-order chi connectivity index (χ0) is 16.7. The summed E-state index contributed by atoms with van der Waals surface area (Å²) in [4.78, 5) is 18.1. The zero-order valence-electron chi connectivity index (χ0n) is 13.9. The molecule has 1 saturated heterocycles. The number of amides is 1. The van der Waals surface area contributed by atoms with Crippen molar-refractivity contribution >= 4 is 11.9 Å². The van der Waals surface area contributed by atoms with E-state index in [0.29, 0.717) is 18.0 Å². The highest BCUT2D eigenvalue weighted by Crippen LogP contribution is 2.16. The molecule has 6 heteroatoms. The second-order valence-electron chi connectivity index (χ2n) is 5.79. The molecule has 1 amide bonds. The van der Waals surface area contributed by atoms with Crippen LogP contribution in [0, 0.1) is 5.92 Å². The Morgan fingerprint density at radius 1 is 1.43 bits per heavy atom. The number of primary amides is 1. The first-order valence-electron chi connectivity index (χ1n) is 8.05. The number of carbonyl (C=O) groups excluding carboxylic acids is 1. The van der Waals surface area contributed by atoms with E-state index in [4.69, 9.17) is 15.5 Å². The van der Waals surface area contributed by atoms with Crippen LogP contribution in [0.5, 0.6) is 0 Å². The lowest BCUT2D eigenvalue weighted by atomic mass is 10.1. The summed E-state index contributed by atoms with van der Waals surface area (Å²) in [5.41, 5.74) is 6.83. The zero-order valence-corrected chi connectivity index (χ0v) is 13.9. The number of carbonyl (C=O) groups is 1. The first-order chi connectivity index (χ1) is 11.1. The molecule has 1 aliphatic heterocycles. The molecule has 1 aromatic rings. The van der Waals surface area contributed by atoms with Crippen LogP contribution < -0.4 is 11.1 Å². The topological polar surface area (TPSA) is 79.9 Å². The van der Waals surface area contributed by atoms with Gasteiger partial charge in [-0.1, -0.05) is 12.1 Å². The minimum absolute atomic E-state index is 0.408. The number of methoxy groups -OCH3 is 1. The van der Waals surface area contributed by atoms with E-state index in [2.05, 4.69) is 17.1 Å². The van der Waals surface area contributed by atoms with Crippen LogP contribution in [0.4, 0.5) is 0 Å². The van der Waals surface area contributed by atoms with Crippen molar-refractivity contribution in [2.24, 2.45) is 16.6 Å². The van der Waals surface area contributed by atoms with Gasteiger partial charge in [-0.2, -0.15) is 0 Å². The van der Waals surface area contributed by atoms with Crippen LogP contribution in [0.3, 0.4) is 0 Å². The maximum atomic E-state index is 11.1. The number of nitrogens with one attached hydrogen (secondary N) is 1. The Morgan fingerprint density at radius 2 is 2.17 bits per heavy atom. The van der Waals surface area contributed by atoms with E-state index in [1.165, 1.54) is 0 Å². The van der Waals surface area contributed by atoms with Gasteiger partial charge in [0.05, 0.1) is 13.2 Å². The molecule has 0 radical (unpaired) electrons. The van der Waals surface area contributed by atoms with E-state index in [-0.39, 0.29) is 0 Å². The predicted molar refractivity (Wildman–Crippen MR) is 91.3 cm³/mol. The molecule has 1 heterocycles. The summed E-state index contributed by atoms with van der Waals surface area (Å²) in [6, 6.07) is 7.27. The lowest BCUT2D eigenvalue weighted by Crippen LogP contribution is -2.40. The quantitative estimate of drug-likeness (QED) is 0.610. The van der Waals surface area contributed by atoms with Crippen LogP contribution in [0.2, 0.25) is 0 Å². The average molecular weight is 318 g/mol. The molecule has 0 aromatic heterocycles. The molecule has 1 unspecified atom stereocenters. The number of nitrogens with two attached hydrogens (primary N) is 1. The van der Waals surface area contributed by atoms with Gasteiger partial charge >= 0.3 is 0 Å². The fourth-order valence-electron chi connectivity index (χ4n) is 2.76. The molecule has 6 nitrogen and oxygen atoms in total. The highest BCUT2D eigenvalue weighted by atomic mass is 16.5. The van der Waals surface area contributed by atoms with Gasteiger partial charge in [0.2, 0.25) is 5.91 Å². The third kappa shape index (κ3) is 4.96. The molecule has 0 spiro atoms. The van der Waals surface area contributed by atoms with E-state index in [1.807, 2.05) is 12.1 Å². The fourth-order valence-corrected chi connectivity index (χ4v) is 2.76. The second kappa shape index (κ2) is 8.53. The molecule has 1 fully saturated rings. The minimum Gasteiger partial charge on any atom is -0.384 e. The van der Waals surface area contributed by atoms with Crippen LogP contribution >= 0.6 is 0 Å². The summed E-state index contributed by atoms with van der Waals surface area (Å²) < 4.78 is 5.25. The van der Waals surface area contributed by atoms with E-state index >= 15 is 0 Å². The number of likely N-dealkylation sites (tertiary alicyclic amines) is 1. The molecular formula is C17H26N4O2. The highest BCUT2D eigenvalue weighted by molar-refractivity contribution is 5.92. The molecule has 1 aromatic carbocycles. The van der Waals surface area contributed by atoms with Crippen molar-refractivity contribution in [1.29, 1.82) is 0 Å². The molecule has 1 atom stereocenters. The minimum atomic E-state index is -0.408. The number of ether oxygens (including phenoxy) is 1. The number of aliphatic imine (C=N–C) groups is 1. The highest BCUT2D eigenvalue weighted by Gasteiger charge is 2.24. The predicted octanol–water partition coefficient (Wildman–Crippen LogP) is 1.22. The Kier molecular flexibility index (Phi) is 6.40. The van der Waals surface area contributed by atoms with Gasteiger partial charge in [0.25, 0.3) is 0 Å². The standard InChI is InChI=1S/C17H26N4O2/c1-3-19-17(21-9-8-14(11-21)12-23-2)20-10-13-4-6-15(7-5-13)16(18)22/h4-7,14H,3,8-12H2,1-2H3,(H2,18,22)(H,19,20). The molecule has 0 bridgehead atoms. The molecular weight excluding hydrogens is 292 g/mol. The maximum absolute atomic E-state index is 11.1. The Balaban J connectivity index is 1.99. The van der Waals surface area contributed by atoms with Gasteiger partial charge < -0.3 is 20.7 Å². The van der Waals surface area contributed by atoms with Gasteiger partial charge in [0, 0.05) is 38.2 Å². The van der Waals surface area contributed by atoms with E-state index in [9.17, 15) is 4.79 Å². The molecule has 2 rings (SSSR count). The van der Waals surface area contributed by atoms with Crippen LogP contribution in [0.25, 0.3) is 0 Å². The van der Waals surface area contributed by atoms with Crippen LogP contribution in [-0.2, 0) is 11.3 Å². The van der Waals surface area contributed by atoms with Crippen molar-refractivity contribution in [2.75, 3.05) is 33.4 Å². The summed E-state index contributed by atoms with van der Waals surface area (Å²) in [6.07, 6.45) is 1.13. The lowest BCUT2D eigenvalue weighted by molar-refractivity contribution is 0.100. The second-order valence-corrected chi connectivity index (χ2v) is 5.79. The largest absolute Gasteiger partial charge is 0.384 e. The molecule has 1 aliphatic rings. The number of hydrogen-bond donors (Lipinski definition) is 2. The van der Waals surface area contributed by atoms with Crippen molar-refractivity contribution in [1.82, 2.24) is 10.2 Å². The van der Waals surface area contributed by atoms with Crippen LogP contribution in [-0.4, -0.2) is 50.1 Å². The molecule has 126 valence electrons. The summed E-state index contributed by atoms with van der Waals surface area (Å²) >= 11 is 0. The Bertz CT molecular complexity index is 542. The molecule has 0 saturated carbocycles. The SMILES string of the molecule is CCNC(=NCc1ccc(C(N)=O)cc1)N1CCC(COC)C1. The van der Waals surface area contributed by atoms with Gasteiger partial charge in [-0.3, -0.25) is 4.79 Å². The number of guanidine groups is 1. The van der Waals surface area contributed by atoms with Gasteiger partial charge in [0.15, 0.2) is 5.96 Å². The van der Waals surface area contributed by atoms with Gasteiger partial charge in [-0.05, 0) is 31.0 Å². The lowest BCUT2D eigenvalue weighted by Gasteiger charge is -2.21. The molecule has 3 N–H and O–H groups in total. The van der Waals surface area contributed by atoms with Crippen molar-refractivity contribution in [3.8, 4) is 0 Å². The van der Waals surface area contributed by atoms with E-state index in [0.717, 1.165) is 44.2 Å². The van der Waals surface area contributed by atoms with E-state index < -0.39 is 5.91 Å². The summed E-state index contributed by atoms with van der Waals surface area (Å²) in [7, 11) is 1.75. The molecule has 23 heavy (non-hydrogen) atoms. The average Bonchev–Trinajstić information content (AvgIpc) is 3.00. The first-order valence-corrected chi connectivity index (χ1v) is 8.05. The molecule has 0 aliphatic carbocycles. The van der Waals surface area contributed by atoms with E-state index in [1.54, 1.807) is 19.2 Å². The van der Waals surface area contributed by atoms with Gasteiger partial charge in [0.1, 0.15) is 0 Å².